The van der Waals surface area contributed by atoms with Crippen molar-refractivity contribution in [1.82, 2.24) is 10.2 Å². The lowest BCUT2D eigenvalue weighted by Crippen LogP contribution is -2.41. The van der Waals surface area contributed by atoms with Crippen molar-refractivity contribution in [2.75, 3.05) is 33.5 Å². The number of amides is 1. The van der Waals surface area contributed by atoms with Crippen LogP contribution in [0.4, 0.5) is 4.39 Å². The second-order valence-corrected chi connectivity index (χ2v) is 13.6. The van der Waals surface area contributed by atoms with E-state index in [1.807, 2.05) is 27.7 Å². The quantitative estimate of drug-likeness (QED) is 0.113. The first kappa shape index (κ1) is 34.8. The van der Waals surface area contributed by atoms with E-state index in [9.17, 15) is 9.18 Å². The number of guanidine groups is 1. The first-order chi connectivity index (χ1) is 19.3. The average Bonchev–Trinajstić information content (AvgIpc) is 3.01. The van der Waals surface area contributed by atoms with Gasteiger partial charge in [0.2, 0.25) is 5.91 Å². The molecule has 0 saturated heterocycles. The molecule has 0 aliphatic heterocycles. The van der Waals surface area contributed by atoms with Crippen LogP contribution in [0.3, 0.4) is 0 Å². The maximum absolute atomic E-state index is 12.9. The lowest BCUT2D eigenvalue weighted by molar-refractivity contribution is -0.129. The zero-order chi connectivity index (χ0) is 30.0. The van der Waals surface area contributed by atoms with Gasteiger partial charge in [0.05, 0.1) is 13.3 Å². The Balaban J connectivity index is 0.00000191. The van der Waals surface area contributed by atoms with Crippen LogP contribution in [0.5, 0.6) is 0 Å². The Morgan fingerprint density at radius 3 is 1.62 bits per heavy atom. The smallest absolute Gasteiger partial charge is 0.225 e. The van der Waals surface area contributed by atoms with Crippen molar-refractivity contribution in [1.29, 1.82) is 5.41 Å². The highest BCUT2D eigenvalue weighted by Crippen LogP contribution is 2.55. The number of nitrogens with one attached hydrogen (secondary N) is 2. The molecular formula is C33H49FN4OP+. The lowest BCUT2D eigenvalue weighted by atomic mass is 9.88. The van der Waals surface area contributed by atoms with E-state index in [-0.39, 0.29) is 11.9 Å². The molecular weight excluding hydrogens is 518 g/mol. The van der Waals surface area contributed by atoms with Crippen LogP contribution in [0.2, 0.25) is 0 Å². The van der Waals surface area contributed by atoms with Crippen molar-refractivity contribution in [3.63, 3.8) is 0 Å². The first-order valence-corrected chi connectivity index (χ1v) is 16.0. The van der Waals surface area contributed by atoms with Crippen molar-refractivity contribution < 1.29 is 9.18 Å². The van der Waals surface area contributed by atoms with Gasteiger partial charge >= 0.3 is 0 Å². The summed E-state index contributed by atoms with van der Waals surface area (Å²) in [5.74, 6) is 0.0722. The Bertz CT molecular complexity index is 1010. The highest BCUT2D eigenvalue weighted by atomic mass is 31.2. The molecule has 0 heterocycles. The molecule has 0 aliphatic carbocycles. The fourth-order valence-electron chi connectivity index (χ4n) is 4.48. The van der Waals surface area contributed by atoms with E-state index in [0.29, 0.717) is 26.7 Å². The Hall–Kier alpha value is -3.24. The molecule has 40 heavy (non-hydrogen) atoms. The number of carbonyl (C=O) groups excluding carboxylic acids is 1. The third kappa shape index (κ3) is 9.75. The van der Waals surface area contributed by atoms with Crippen LogP contribution in [-0.4, -0.2) is 50.2 Å². The topological polar surface area (TPSA) is 82.2 Å². The number of alkyl halides is 1. The lowest BCUT2D eigenvalue weighted by Gasteiger charge is -2.28. The van der Waals surface area contributed by atoms with Gasteiger partial charge in [-0.15, -0.1) is 0 Å². The third-order valence-electron chi connectivity index (χ3n) is 6.89. The van der Waals surface area contributed by atoms with Crippen molar-refractivity contribution in [2.24, 2.45) is 11.1 Å². The van der Waals surface area contributed by atoms with Gasteiger partial charge in [0.1, 0.15) is 23.2 Å². The minimum atomic E-state index is -1.83. The molecule has 0 fully saturated rings. The minimum absolute atomic E-state index is 0.0215. The SMILES string of the molecule is CC.CF.CN(CCC(C)(C)C(=O)NCCCC[P+](c1ccccc1)(c1ccccc1)c1ccccc1)C(=N)N. The molecule has 0 spiro atoms. The molecule has 5 nitrogen and oxygen atoms in total. The molecule has 7 heteroatoms. The predicted octanol–water partition coefficient (Wildman–Crippen LogP) is 5.73. The number of carbonyl (C=O) groups is 1. The molecule has 0 unspecified atom stereocenters. The average molecular weight is 568 g/mol. The Morgan fingerprint density at radius 1 is 0.850 bits per heavy atom. The zero-order valence-electron chi connectivity index (χ0n) is 25.2. The maximum Gasteiger partial charge on any atom is 0.225 e. The van der Waals surface area contributed by atoms with E-state index >= 15 is 0 Å². The van der Waals surface area contributed by atoms with Crippen molar-refractivity contribution >= 4 is 35.0 Å². The number of hydrogen-bond donors (Lipinski definition) is 3. The molecule has 1 amide bonds. The largest absolute Gasteiger partial charge is 0.370 e. The highest BCUT2D eigenvalue weighted by Gasteiger charge is 2.44. The molecule has 3 aromatic rings. The van der Waals surface area contributed by atoms with Crippen LogP contribution >= 0.6 is 7.26 Å². The number of halogens is 1. The van der Waals surface area contributed by atoms with Gasteiger partial charge in [-0.2, -0.15) is 0 Å². The molecule has 0 bridgehead atoms. The summed E-state index contributed by atoms with van der Waals surface area (Å²) in [7, 11) is 0.445. The molecule has 0 saturated carbocycles. The van der Waals surface area contributed by atoms with Crippen LogP contribution in [0.25, 0.3) is 0 Å². The molecule has 0 atom stereocenters. The van der Waals surface area contributed by atoms with E-state index in [4.69, 9.17) is 11.1 Å². The predicted molar refractivity (Wildman–Crippen MR) is 174 cm³/mol. The van der Waals surface area contributed by atoms with Gasteiger partial charge in [0, 0.05) is 25.6 Å². The first-order valence-electron chi connectivity index (χ1n) is 14.0. The highest BCUT2D eigenvalue weighted by molar-refractivity contribution is 7.95. The number of benzene rings is 3. The Labute approximate surface area is 242 Å². The molecule has 0 aromatic heterocycles. The van der Waals surface area contributed by atoms with Crippen LogP contribution in [0.1, 0.15) is 47.0 Å². The van der Waals surface area contributed by atoms with Gasteiger partial charge < -0.3 is 16.0 Å². The van der Waals surface area contributed by atoms with Crippen LogP contribution in [0.15, 0.2) is 91.0 Å². The van der Waals surface area contributed by atoms with Gasteiger partial charge in [-0.3, -0.25) is 14.6 Å². The van der Waals surface area contributed by atoms with E-state index < -0.39 is 12.7 Å². The van der Waals surface area contributed by atoms with E-state index in [0.717, 1.165) is 19.0 Å². The van der Waals surface area contributed by atoms with Crippen molar-refractivity contribution in [3.05, 3.63) is 91.0 Å². The minimum Gasteiger partial charge on any atom is -0.370 e. The van der Waals surface area contributed by atoms with E-state index in [1.54, 1.807) is 11.9 Å². The summed E-state index contributed by atoms with van der Waals surface area (Å²) in [5, 5.41) is 14.8. The number of nitrogens with zero attached hydrogens (tertiary/aromatic N) is 1. The van der Waals surface area contributed by atoms with Gasteiger partial charge in [0.15, 0.2) is 5.96 Å². The maximum atomic E-state index is 12.9. The summed E-state index contributed by atoms with van der Waals surface area (Å²) in [5.41, 5.74) is 5.01. The summed E-state index contributed by atoms with van der Waals surface area (Å²) >= 11 is 0. The monoisotopic (exact) mass is 567 g/mol. The zero-order valence-corrected chi connectivity index (χ0v) is 26.1. The van der Waals surface area contributed by atoms with Gasteiger partial charge in [0.25, 0.3) is 0 Å². The standard InChI is InChI=1S/C30H39N4OP.C2H6.CH3F/c1-30(2,21-23-34(3)29(31)32)28(35)33-22-13-14-24-36(25-15-7-4-8-16-25,26-17-9-5-10-18-26)27-19-11-6-12-20-27;2*1-2/h4-12,15-20H,13-14,21-24H2,1-3H3,(H3-,31,32,33,35);1-2H3;1H3/p+1. The van der Waals surface area contributed by atoms with Crippen LogP contribution < -0.4 is 27.0 Å². The molecule has 3 aromatic carbocycles. The molecule has 218 valence electrons. The summed E-state index contributed by atoms with van der Waals surface area (Å²) < 4.78 is 9.50. The molecule has 4 N–H and O–H groups in total. The van der Waals surface area contributed by atoms with Gasteiger partial charge in [-0.25, -0.2) is 0 Å². The van der Waals surface area contributed by atoms with Crippen LogP contribution in [0, 0.1) is 10.8 Å². The number of unbranched alkanes of at least 4 members (excludes halogenated alkanes) is 1. The summed E-state index contributed by atoms with van der Waals surface area (Å²) in [6.07, 6.45) is 3.62. The fourth-order valence-corrected chi connectivity index (χ4v) is 8.89. The van der Waals surface area contributed by atoms with Crippen molar-refractivity contribution in [2.45, 2.75) is 47.0 Å². The van der Waals surface area contributed by atoms with Crippen molar-refractivity contribution in [3.8, 4) is 0 Å². The normalized spacial score (nSPS) is 10.8. The summed E-state index contributed by atoms with van der Waals surface area (Å²) in [6.45, 7) is 9.14. The molecule has 0 radical (unpaired) electrons. The fraction of sp³-hybridized carbons (Fsp3) is 0.394. The third-order valence-corrected chi connectivity index (χ3v) is 11.4. The van der Waals surface area contributed by atoms with Gasteiger partial charge in [-0.1, -0.05) is 82.3 Å². The number of rotatable bonds is 12. The van der Waals surface area contributed by atoms with Gasteiger partial charge in [-0.05, 0) is 55.7 Å². The van der Waals surface area contributed by atoms with E-state index in [2.05, 4.69) is 96.3 Å². The summed E-state index contributed by atoms with van der Waals surface area (Å²) in [4.78, 5) is 14.5. The Morgan fingerprint density at radius 2 is 1.25 bits per heavy atom. The molecule has 3 rings (SSSR count). The van der Waals surface area contributed by atoms with Crippen LogP contribution in [-0.2, 0) is 4.79 Å². The second-order valence-electron chi connectivity index (χ2n) is 9.94. The second kappa shape index (κ2) is 18.2. The number of hydrogen-bond acceptors (Lipinski definition) is 2. The van der Waals surface area contributed by atoms with E-state index in [1.165, 1.54) is 15.9 Å². The number of nitrogens with two attached hydrogens (primary N) is 1. The molecule has 0 aliphatic rings. The Kier molecular flexibility index (Phi) is 15.8. The summed E-state index contributed by atoms with van der Waals surface area (Å²) in [6, 6.07) is 32.7.